The largest absolute Gasteiger partial charge is 0.334 e. The molecule has 1 atom stereocenters. The minimum atomic E-state index is 0.258. The predicted octanol–water partition coefficient (Wildman–Crippen LogP) is 1.79. The number of carbonyl (C=O) groups is 1. The molecule has 1 aromatic heterocycles. The van der Waals surface area contributed by atoms with Gasteiger partial charge in [-0.15, -0.1) is 0 Å². The van der Waals surface area contributed by atoms with Gasteiger partial charge in [-0.2, -0.15) is 5.10 Å². The molecule has 6 heteroatoms. The summed E-state index contributed by atoms with van der Waals surface area (Å²) in [4.78, 5) is 21.0. The Kier molecular flexibility index (Phi) is 5.59. The Morgan fingerprint density at radius 2 is 2.04 bits per heavy atom. The monoisotopic (exact) mass is 327 g/mol. The zero-order valence-corrected chi connectivity index (χ0v) is 14.2. The van der Waals surface area contributed by atoms with Crippen LogP contribution in [0, 0.1) is 0 Å². The molecule has 0 spiro atoms. The van der Waals surface area contributed by atoms with Gasteiger partial charge in [-0.25, -0.2) is 4.98 Å². The van der Waals surface area contributed by atoms with Gasteiger partial charge >= 0.3 is 0 Å². The van der Waals surface area contributed by atoms with Crippen molar-refractivity contribution in [3.63, 3.8) is 0 Å². The summed E-state index contributed by atoms with van der Waals surface area (Å²) in [5.41, 5.74) is 1.19. The molecule has 1 fully saturated rings. The maximum Gasteiger partial charge on any atom is 0.224 e. The first-order valence-corrected chi connectivity index (χ1v) is 8.64. The number of benzene rings is 1. The van der Waals surface area contributed by atoms with Crippen LogP contribution < -0.4 is 0 Å². The van der Waals surface area contributed by atoms with Gasteiger partial charge in [0.05, 0.1) is 6.54 Å². The standard InChI is InChI=1S/C18H25N5O/c1-2-17-13-21(10-11-22-15-19-14-20-22)9-8-18(24)23(17)12-16-6-4-3-5-7-16/h3-7,14-15,17H,2,8-13H2,1H3. The normalized spacial score (nSPS) is 19.5. The second-order valence-corrected chi connectivity index (χ2v) is 6.28. The van der Waals surface area contributed by atoms with E-state index < -0.39 is 0 Å². The van der Waals surface area contributed by atoms with Crippen LogP contribution in [-0.2, 0) is 17.9 Å². The van der Waals surface area contributed by atoms with Crippen molar-refractivity contribution in [2.24, 2.45) is 0 Å². The summed E-state index contributed by atoms with van der Waals surface area (Å²) in [5, 5.41) is 4.15. The van der Waals surface area contributed by atoms with Crippen LogP contribution in [0.3, 0.4) is 0 Å². The SMILES string of the molecule is CCC1CN(CCn2cncn2)CCC(=O)N1Cc1ccccc1. The Morgan fingerprint density at radius 3 is 2.75 bits per heavy atom. The van der Waals surface area contributed by atoms with Crippen LogP contribution >= 0.6 is 0 Å². The van der Waals surface area contributed by atoms with Gasteiger partial charge in [0, 0.05) is 38.6 Å². The first kappa shape index (κ1) is 16.6. The molecule has 0 saturated carbocycles. The lowest BCUT2D eigenvalue weighted by Gasteiger charge is -2.31. The first-order valence-electron chi connectivity index (χ1n) is 8.64. The highest BCUT2D eigenvalue weighted by Gasteiger charge is 2.28. The number of rotatable bonds is 6. The molecule has 1 saturated heterocycles. The van der Waals surface area contributed by atoms with Crippen LogP contribution in [0.4, 0.5) is 0 Å². The van der Waals surface area contributed by atoms with Crippen molar-refractivity contribution in [3.05, 3.63) is 48.5 Å². The average molecular weight is 327 g/mol. The van der Waals surface area contributed by atoms with Gasteiger partial charge in [0.15, 0.2) is 0 Å². The van der Waals surface area contributed by atoms with E-state index in [1.165, 1.54) is 5.56 Å². The number of aromatic nitrogens is 3. The van der Waals surface area contributed by atoms with Crippen LogP contribution in [0.5, 0.6) is 0 Å². The van der Waals surface area contributed by atoms with Crippen LogP contribution in [0.25, 0.3) is 0 Å². The Morgan fingerprint density at radius 1 is 1.21 bits per heavy atom. The van der Waals surface area contributed by atoms with Crippen LogP contribution in [-0.4, -0.2) is 56.1 Å². The van der Waals surface area contributed by atoms with Crippen molar-refractivity contribution in [2.45, 2.75) is 38.9 Å². The third-order valence-corrected chi connectivity index (χ3v) is 4.65. The van der Waals surface area contributed by atoms with E-state index in [4.69, 9.17) is 0 Å². The molecular formula is C18H25N5O. The highest BCUT2D eigenvalue weighted by atomic mass is 16.2. The molecule has 1 unspecified atom stereocenters. The van der Waals surface area contributed by atoms with Crippen LogP contribution in [0.1, 0.15) is 25.3 Å². The maximum absolute atomic E-state index is 12.6. The Labute approximate surface area is 143 Å². The van der Waals surface area contributed by atoms with Gasteiger partial charge in [0.25, 0.3) is 0 Å². The Balaban J connectivity index is 1.64. The molecule has 1 aromatic carbocycles. The van der Waals surface area contributed by atoms with Gasteiger partial charge in [-0.1, -0.05) is 37.3 Å². The average Bonchev–Trinajstić information content (AvgIpc) is 3.08. The summed E-state index contributed by atoms with van der Waals surface area (Å²) >= 11 is 0. The van der Waals surface area contributed by atoms with Gasteiger partial charge in [-0.05, 0) is 12.0 Å². The van der Waals surface area contributed by atoms with Crippen molar-refractivity contribution >= 4 is 5.91 Å². The zero-order valence-electron chi connectivity index (χ0n) is 14.2. The van der Waals surface area contributed by atoms with E-state index in [0.29, 0.717) is 13.0 Å². The second kappa shape index (κ2) is 8.06. The molecule has 0 N–H and O–H groups in total. The van der Waals surface area contributed by atoms with E-state index in [0.717, 1.165) is 32.6 Å². The quantitative estimate of drug-likeness (QED) is 0.812. The first-order chi connectivity index (χ1) is 11.8. The zero-order chi connectivity index (χ0) is 16.8. The van der Waals surface area contributed by atoms with Gasteiger partial charge in [0.2, 0.25) is 5.91 Å². The fourth-order valence-corrected chi connectivity index (χ4v) is 3.23. The molecule has 6 nitrogen and oxygen atoms in total. The van der Waals surface area contributed by atoms with Crippen molar-refractivity contribution in [1.29, 1.82) is 0 Å². The third-order valence-electron chi connectivity index (χ3n) is 4.65. The summed E-state index contributed by atoms with van der Waals surface area (Å²) in [6, 6.07) is 10.5. The summed E-state index contributed by atoms with van der Waals surface area (Å²) in [6.07, 6.45) is 4.85. The number of hydrogen-bond acceptors (Lipinski definition) is 4. The highest BCUT2D eigenvalue weighted by Crippen LogP contribution is 2.17. The summed E-state index contributed by atoms with van der Waals surface area (Å²) in [6.45, 7) is 6.31. The molecule has 1 aliphatic heterocycles. The van der Waals surface area contributed by atoms with E-state index in [-0.39, 0.29) is 11.9 Å². The summed E-state index contributed by atoms with van der Waals surface area (Å²) in [7, 11) is 0. The third kappa shape index (κ3) is 4.20. The van der Waals surface area contributed by atoms with E-state index in [1.54, 1.807) is 12.7 Å². The lowest BCUT2D eigenvalue weighted by atomic mass is 10.1. The Bertz CT molecular complexity index is 628. The van der Waals surface area contributed by atoms with E-state index in [2.05, 4.69) is 38.9 Å². The Hall–Kier alpha value is -2.21. The molecule has 128 valence electrons. The minimum Gasteiger partial charge on any atom is -0.334 e. The molecule has 2 heterocycles. The number of nitrogens with zero attached hydrogens (tertiary/aromatic N) is 5. The molecular weight excluding hydrogens is 302 g/mol. The van der Waals surface area contributed by atoms with E-state index >= 15 is 0 Å². The molecule has 1 amide bonds. The fourth-order valence-electron chi connectivity index (χ4n) is 3.23. The van der Waals surface area contributed by atoms with Crippen LogP contribution in [0.2, 0.25) is 0 Å². The molecule has 24 heavy (non-hydrogen) atoms. The molecule has 1 aliphatic rings. The number of hydrogen-bond donors (Lipinski definition) is 0. The van der Waals surface area contributed by atoms with Crippen molar-refractivity contribution in [2.75, 3.05) is 19.6 Å². The summed E-state index contributed by atoms with van der Waals surface area (Å²) in [5.74, 6) is 0.258. The second-order valence-electron chi connectivity index (χ2n) is 6.28. The van der Waals surface area contributed by atoms with Crippen molar-refractivity contribution in [1.82, 2.24) is 24.6 Å². The van der Waals surface area contributed by atoms with Gasteiger partial charge in [-0.3, -0.25) is 14.4 Å². The van der Waals surface area contributed by atoms with Crippen molar-refractivity contribution < 1.29 is 4.79 Å². The topological polar surface area (TPSA) is 54.3 Å². The molecule has 0 radical (unpaired) electrons. The summed E-state index contributed by atoms with van der Waals surface area (Å²) < 4.78 is 1.84. The fraction of sp³-hybridized carbons (Fsp3) is 0.500. The predicted molar refractivity (Wildman–Crippen MR) is 92.2 cm³/mol. The molecule has 2 aromatic rings. The van der Waals surface area contributed by atoms with E-state index in [9.17, 15) is 4.79 Å². The van der Waals surface area contributed by atoms with Crippen LogP contribution in [0.15, 0.2) is 43.0 Å². The maximum atomic E-state index is 12.6. The number of carbonyl (C=O) groups excluding carboxylic acids is 1. The van der Waals surface area contributed by atoms with Crippen molar-refractivity contribution in [3.8, 4) is 0 Å². The smallest absolute Gasteiger partial charge is 0.224 e. The van der Waals surface area contributed by atoms with Gasteiger partial charge < -0.3 is 4.90 Å². The minimum absolute atomic E-state index is 0.258. The van der Waals surface area contributed by atoms with E-state index in [1.807, 2.05) is 22.9 Å². The number of amides is 1. The van der Waals surface area contributed by atoms with Gasteiger partial charge in [0.1, 0.15) is 12.7 Å². The highest BCUT2D eigenvalue weighted by molar-refractivity contribution is 5.77. The lowest BCUT2D eigenvalue weighted by molar-refractivity contribution is -0.133. The molecule has 0 bridgehead atoms. The molecule has 3 rings (SSSR count). The molecule has 0 aliphatic carbocycles. The lowest BCUT2D eigenvalue weighted by Crippen LogP contribution is -2.42.